The van der Waals surface area contributed by atoms with E-state index in [1.165, 1.54) is 7.05 Å². The molecular formula is C20H26N2O3S. The normalized spacial score (nSPS) is 14.0. The molecule has 0 unspecified atom stereocenters. The lowest BCUT2D eigenvalue weighted by molar-refractivity contribution is -0.125. The Morgan fingerprint density at radius 2 is 1.65 bits per heavy atom. The molecule has 0 aliphatic heterocycles. The van der Waals surface area contributed by atoms with Gasteiger partial charge in [-0.2, -0.15) is 4.31 Å². The number of amides is 1. The lowest BCUT2D eigenvalue weighted by atomic mass is 9.98. The smallest absolute Gasteiger partial charge is 0.243 e. The fourth-order valence-corrected chi connectivity index (χ4v) is 3.58. The number of sulfonamides is 1. The van der Waals surface area contributed by atoms with Crippen molar-refractivity contribution in [2.75, 3.05) is 13.3 Å². The molecule has 6 heteroatoms. The third-order valence-corrected chi connectivity index (χ3v) is 5.80. The van der Waals surface area contributed by atoms with Crippen LogP contribution in [0.25, 0.3) is 0 Å². The molecule has 140 valence electrons. The summed E-state index contributed by atoms with van der Waals surface area (Å²) in [6, 6.07) is 15.7. The number of nitrogens with one attached hydrogen (secondary N) is 1. The Bertz CT molecular complexity index is 850. The first-order valence-electron chi connectivity index (χ1n) is 8.59. The molecule has 0 bridgehead atoms. The number of nitrogens with zero attached hydrogens (tertiary/aromatic N) is 1. The van der Waals surface area contributed by atoms with E-state index in [1.807, 2.05) is 44.2 Å². The van der Waals surface area contributed by atoms with Gasteiger partial charge in [0.15, 0.2) is 0 Å². The highest BCUT2D eigenvalue weighted by molar-refractivity contribution is 7.88. The third kappa shape index (κ3) is 4.71. The minimum absolute atomic E-state index is 0.178. The van der Waals surface area contributed by atoms with E-state index in [9.17, 15) is 13.2 Å². The quantitative estimate of drug-likeness (QED) is 0.809. The highest BCUT2D eigenvalue weighted by Crippen LogP contribution is 2.25. The zero-order valence-electron chi connectivity index (χ0n) is 15.6. The van der Waals surface area contributed by atoms with Crippen LogP contribution < -0.4 is 5.32 Å². The number of rotatable bonds is 7. The molecule has 0 aromatic heterocycles. The van der Waals surface area contributed by atoms with E-state index in [1.54, 1.807) is 24.3 Å². The highest BCUT2D eigenvalue weighted by Gasteiger charge is 2.32. The average Bonchev–Trinajstić information content (AvgIpc) is 2.60. The van der Waals surface area contributed by atoms with Gasteiger partial charge in [-0.15, -0.1) is 0 Å². The maximum Gasteiger partial charge on any atom is 0.243 e. The van der Waals surface area contributed by atoms with Crippen molar-refractivity contribution in [3.8, 4) is 0 Å². The Hall–Kier alpha value is -2.18. The lowest BCUT2D eigenvalue weighted by Gasteiger charge is -2.28. The molecule has 2 aromatic carbocycles. The number of benzene rings is 2. The van der Waals surface area contributed by atoms with Crippen LogP contribution in [-0.2, 0) is 14.8 Å². The highest BCUT2D eigenvalue weighted by atomic mass is 32.2. The molecule has 2 rings (SSSR count). The van der Waals surface area contributed by atoms with E-state index in [0.29, 0.717) is 12.0 Å². The SMILES string of the molecule is CC[C@H](NC(=O)[C@@H](c1ccccc1)N(C)S(C)(=O)=O)c1ccccc1C. The maximum atomic E-state index is 13.1. The number of likely N-dealkylation sites (N-methyl/N-ethyl adjacent to an activating group) is 1. The fourth-order valence-electron chi connectivity index (χ4n) is 2.98. The summed E-state index contributed by atoms with van der Waals surface area (Å²) in [5.41, 5.74) is 2.77. The van der Waals surface area contributed by atoms with Crippen molar-refractivity contribution >= 4 is 15.9 Å². The van der Waals surface area contributed by atoms with E-state index in [0.717, 1.165) is 21.7 Å². The number of hydrogen-bond acceptors (Lipinski definition) is 3. The standard InChI is InChI=1S/C20H26N2O3S/c1-5-18(17-14-10-9-11-15(17)2)21-20(23)19(22(3)26(4,24)25)16-12-7-6-8-13-16/h6-14,18-19H,5H2,1-4H3,(H,21,23)/t18-,19+/m0/s1. The molecule has 0 saturated carbocycles. The van der Waals surface area contributed by atoms with Crippen LogP contribution in [0, 0.1) is 6.92 Å². The number of carbonyl (C=O) groups excluding carboxylic acids is 1. The second kappa shape index (κ2) is 8.47. The zero-order chi connectivity index (χ0) is 19.3. The van der Waals surface area contributed by atoms with Gasteiger partial charge in [-0.3, -0.25) is 4.79 Å². The van der Waals surface area contributed by atoms with E-state index in [2.05, 4.69) is 5.32 Å². The molecule has 26 heavy (non-hydrogen) atoms. The summed E-state index contributed by atoms with van der Waals surface area (Å²) in [5, 5.41) is 3.03. The summed E-state index contributed by atoms with van der Waals surface area (Å²) >= 11 is 0. The summed E-state index contributed by atoms with van der Waals surface area (Å²) in [6.07, 6.45) is 1.82. The molecule has 0 aliphatic carbocycles. The third-order valence-electron chi connectivity index (χ3n) is 4.54. The van der Waals surface area contributed by atoms with Crippen LogP contribution in [0.4, 0.5) is 0 Å². The summed E-state index contributed by atoms with van der Waals surface area (Å²) in [6.45, 7) is 4.00. The van der Waals surface area contributed by atoms with Gasteiger partial charge in [0.2, 0.25) is 15.9 Å². The fraction of sp³-hybridized carbons (Fsp3) is 0.350. The molecule has 0 fully saturated rings. The first-order chi connectivity index (χ1) is 12.3. The van der Waals surface area contributed by atoms with E-state index in [4.69, 9.17) is 0 Å². The number of aryl methyl sites for hydroxylation is 1. The Labute approximate surface area is 156 Å². The number of carbonyl (C=O) groups is 1. The van der Waals surface area contributed by atoms with E-state index >= 15 is 0 Å². The monoisotopic (exact) mass is 374 g/mol. The molecule has 0 spiro atoms. The molecule has 0 saturated heterocycles. The van der Waals surface area contributed by atoms with Crippen molar-refractivity contribution in [3.05, 3.63) is 71.3 Å². The molecular weight excluding hydrogens is 348 g/mol. The van der Waals surface area contributed by atoms with Gasteiger partial charge >= 0.3 is 0 Å². The van der Waals surface area contributed by atoms with Crippen molar-refractivity contribution in [2.24, 2.45) is 0 Å². The molecule has 0 heterocycles. The molecule has 2 atom stereocenters. The molecule has 1 amide bonds. The van der Waals surface area contributed by atoms with Gasteiger partial charge in [0.05, 0.1) is 12.3 Å². The van der Waals surface area contributed by atoms with E-state index in [-0.39, 0.29) is 11.9 Å². The minimum atomic E-state index is -3.54. The topological polar surface area (TPSA) is 66.5 Å². The first kappa shape index (κ1) is 20.1. The van der Waals surface area contributed by atoms with Gasteiger partial charge < -0.3 is 5.32 Å². The van der Waals surface area contributed by atoms with Crippen LogP contribution in [0.3, 0.4) is 0 Å². The largest absolute Gasteiger partial charge is 0.348 e. The Morgan fingerprint density at radius 1 is 1.08 bits per heavy atom. The van der Waals surface area contributed by atoms with Gasteiger partial charge in [0, 0.05) is 7.05 Å². The van der Waals surface area contributed by atoms with Gasteiger partial charge in [0.1, 0.15) is 6.04 Å². The Morgan fingerprint density at radius 3 is 2.19 bits per heavy atom. The maximum absolute atomic E-state index is 13.1. The Balaban J connectivity index is 2.36. The van der Waals surface area contributed by atoms with E-state index < -0.39 is 16.1 Å². The van der Waals surface area contributed by atoms with Crippen molar-refractivity contribution in [1.82, 2.24) is 9.62 Å². The second-order valence-corrected chi connectivity index (χ2v) is 8.46. The van der Waals surface area contributed by atoms with Gasteiger partial charge in [-0.05, 0) is 30.0 Å². The second-order valence-electron chi connectivity index (χ2n) is 6.42. The van der Waals surface area contributed by atoms with Gasteiger partial charge in [-0.1, -0.05) is 61.5 Å². The van der Waals surface area contributed by atoms with Crippen LogP contribution in [0.15, 0.2) is 54.6 Å². The summed E-state index contributed by atoms with van der Waals surface area (Å²) < 4.78 is 25.3. The van der Waals surface area contributed by atoms with Crippen molar-refractivity contribution in [3.63, 3.8) is 0 Å². The predicted molar refractivity (Wildman–Crippen MR) is 104 cm³/mol. The molecule has 0 aliphatic rings. The Kier molecular flexibility index (Phi) is 6.56. The molecule has 5 nitrogen and oxygen atoms in total. The van der Waals surface area contributed by atoms with Crippen LogP contribution >= 0.6 is 0 Å². The first-order valence-corrected chi connectivity index (χ1v) is 10.4. The molecule has 2 aromatic rings. The summed E-state index contributed by atoms with van der Waals surface area (Å²) in [7, 11) is -2.11. The van der Waals surface area contributed by atoms with Crippen molar-refractivity contribution < 1.29 is 13.2 Å². The van der Waals surface area contributed by atoms with Crippen LogP contribution in [0.5, 0.6) is 0 Å². The number of hydrogen-bond donors (Lipinski definition) is 1. The summed E-state index contributed by atoms with van der Waals surface area (Å²) in [5.74, 6) is -0.334. The van der Waals surface area contributed by atoms with Crippen LogP contribution in [0.2, 0.25) is 0 Å². The summed E-state index contributed by atoms with van der Waals surface area (Å²) in [4.78, 5) is 13.1. The zero-order valence-corrected chi connectivity index (χ0v) is 16.5. The lowest BCUT2D eigenvalue weighted by Crippen LogP contribution is -2.42. The molecule has 0 radical (unpaired) electrons. The average molecular weight is 375 g/mol. The molecule has 1 N–H and O–H groups in total. The van der Waals surface area contributed by atoms with Crippen molar-refractivity contribution in [2.45, 2.75) is 32.4 Å². The predicted octanol–water partition coefficient (Wildman–Crippen LogP) is 3.20. The van der Waals surface area contributed by atoms with Crippen molar-refractivity contribution in [1.29, 1.82) is 0 Å². The van der Waals surface area contributed by atoms with Crippen LogP contribution in [-0.4, -0.2) is 31.9 Å². The minimum Gasteiger partial charge on any atom is -0.348 e. The van der Waals surface area contributed by atoms with Gasteiger partial charge in [0.25, 0.3) is 0 Å². The van der Waals surface area contributed by atoms with Gasteiger partial charge in [-0.25, -0.2) is 8.42 Å². The van der Waals surface area contributed by atoms with Crippen LogP contribution in [0.1, 0.15) is 42.1 Å².